The SMILES string of the molecule is COc1cc(Cl)c(C(Br)C2CCCCO2)cc1Cl. The fourth-order valence-corrected chi connectivity index (χ4v) is 3.56. The van der Waals surface area contributed by atoms with Crippen LogP contribution in [0.3, 0.4) is 0 Å². The van der Waals surface area contributed by atoms with Crippen molar-refractivity contribution in [3.05, 3.63) is 27.7 Å². The van der Waals surface area contributed by atoms with E-state index in [0.29, 0.717) is 15.8 Å². The molecule has 0 radical (unpaired) electrons. The Morgan fingerprint density at radius 3 is 2.72 bits per heavy atom. The molecule has 1 aliphatic heterocycles. The van der Waals surface area contributed by atoms with Crippen LogP contribution in [0, 0.1) is 0 Å². The molecule has 18 heavy (non-hydrogen) atoms. The molecule has 0 N–H and O–H groups in total. The lowest BCUT2D eigenvalue weighted by atomic mass is 10.0. The monoisotopic (exact) mass is 352 g/mol. The summed E-state index contributed by atoms with van der Waals surface area (Å²) in [5.41, 5.74) is 0.953. The summed E-state index contributed by atoms with van der Waals surface area (Å²) in [4.78, 5) is 0.0636. The largest absolute Gasteiger partial charge is 0.495 e. The zero-order valence-electron chi connectivity index (χ0n) is 10.1. The molecule has 1 fully saturated rings. The molecule has 0 aromatic heterocycles. The van der Waals surface area contributed by atoms with Crippen molar-refractivity contribution in [1.29, 1.82) is 0 Å². The van der Waals surface area contributed by atoms with E-state index < -0.39 is 0 Å². The van der Waals surface area contributed by atoms with E-state index in [1.165, 1.54) is 6.42 Å². The molecule has 2 nitrogen and oxygen atoms in total. The van der Waals surface area contributed by atoms with Crippen LogP contribution in [0.4, 0.5) is 0 Å². The summed E-state index contributed by atoms with van der Waals surface area (Å²) in [6.45, 7) is 0.814. The van der Waals surface area contributed by atoms with E-state index in [0.717, 1.165) is 25.0 Å². The topological polar surface area (TPSA) is 18.5 Å². The molecule has 0 bridgehead atoms. The highest BCUT2D eigenvalue weighted by atomic mass is 79.9. The number of methoxy groups -OCH3 is 1. The summed E-state index contributed by atoms with van der Waals surface area (Å²) < 4.78 is 10.9. The van der Waals surface area contributed by atoms with E-state index in [-0.39, 0.29) is 10.9 Å². The molecule has 1 saturated heterocycles. The average molecular weight is 354 g/mol. The Morgan fingerprint density at radius 1 is 1.33 bits per heavy atom. The van der Waals surface area contributed by atoms with Gasteiger partial charge >= 0.3 is 0 Å². The number of alkyl halides is 1. The maximum atomic E-state index is 6.27. The predicted octanol–water partition coefficient (Wildman–Crippen LogP) is 5.01. The van der Waals surface area contributed by atoms with Crippen molar-refractivity contribution in [2.45, 2.75) is 30.2 Å². The number of ether oxygens (including phenoxy) is 2. The molecule has 0 amide bonds. The highest BCUT2D eigenvalue weighted by Crippen LogP contribution is 2.41. The van der Waals surface area contributed by atoms with Gasteiger partial charge in [0.25, 0.3) is 0 Å². The maximum absolute atomic E-state index is 6.27. The Kier molecular flexibility index (Phi) is 5.19. The second kappa shape index (κ2) is 6.47. The summed E-state index contributed by atoms with van der Waals surface area (Å²) >= 11 is 16.1. The quantitative estimate of drug-likeness (QED) is 0.711. The van der Waals surface area contributed by atoms with Crippen LogP contribution in [0.1, 0.15) is 29.7 Å². The van der Waals surface area contributed by atoms with Gasteiger partial charge in [0.05, 0.1) is 23.1 Å². The molecule has 0 spiro atoms. The summed E-state index contributed by atoms with van der Waals surface area (Å²) in [5, 5.41) is 1.21. The van der Waals surface area contributed by atoms with Crippen LogP contribution in [-0.4, -0.2) is 19.8 Å². The van der Waals surface area contributed by atoms with Crippen molar-refractivity contribution < 1.29 is 9.47 Å². The first-order chi connectivity index (χ1) is 8.63. The Balaban J connectivity index is 2.23. The van der Waals surface area contributed by atoms with Crippen molar-refractivity contribution in [3.8, 4) is 5.75 Å². The zero-order chi connectivity index (χ0) is 13.1. The molecule has 1 heterocycles. The van der Waals surface area contributed by atoms with Crippen LogP contribution in [0.15, 0.2) is 12.1 Å². The molecule has 2 unspecified atom stereocenters. The molecule has 0 aliphatic carbocycles. The summed E-state index contributed by atoms with van der Waals surface area (Å²) in [6.07, 6.45) is 3.51. The van der Waals surface area contributed by atoms with E-state index in [2.05, 4.69) is 15.9 Å². The van der Waals surface area contributed by atoms with Gasteiger partial charge in [0, 0.05) is 17.7 Å². The lowest BCUT2D eigenvalue weighted by Crippen LogP contribution is -2.23. The number of hydrogen-bond acceptors (Lipinski definition) is 2. The minimum Gasteiger partial charge on any atom is -0.495 e. The first-order valence-electron chi connectivity index (χ1n) is 5.92. The van der Waals surface area contributed by atoms with Crippen molar-refractivity contribution >= 4 is 39.1 Å². The first kappa shape index (κ1) is 14.4. The number of hydrogen-bond donors (Lipinski definition) is 0. The third kappa shape index (κ3) is 3.13. The average Bonchev–Trinajstić information content (AvgIpc) is 2.41. The number of rotatable bonds is 3. The standard InChI is InChI=1S/C13H15BrCl2O2/c1-17-12-7-9(15)8(6-10(12)16)13(14)11-4-2-3-5-18-11/h6-7,11,13H,2-5H2,1H3. The molecule has 2 atom stereocenters. The van der Waals surface area contributed by atoms with Crippen molar-refractivity contribution in [3.63, 3.8) is 0 Å². The number of benzene rings is 1. The van der Waals surface area contributed by atoms with E-state index in [1.807, 2.05) is 6.07 Å². The van der Waals surface area contributed by atoms with Crippen LogP contribution in [-0.2, 0) is 4.74 Å². The number of halogens is 3. The molecule has 1 aromatic rings. The predicted molar refractivity (Wildman–Crippen MR) is 78.3 cm³/mol. The van der Waals surface area contributed by atoms with E-state index in [9.17, 15) is 0 Å². The fourth-order valence-electron chi connectivity index (χ4n) is 2.11. The van der Waals surface area contributed by atoms with Crippen LogP contribution < -0.4 is 4.74 Å². The van der Waals surface area contributed by atoms with Crippen LogP contribution in [0.25, 0.3) is 0 Å². The Hall–Kier alpha value is 0.0400. The van der Waals surface area contributed by atoms with Gasteiger partial charge in [-0.1, -0.05) is 39.1 Å². The van der Waals surface area contributed by atoms with Gasteiger partial charge in [-0.25, -0.2) is 0 Å². The molecule has 0 saturated carbocycles. The molecular weight excluding hydrogens is 339 g/mol. The third-order valence-electron chi connectivity index (χ3n) is 3.11. The smallest absolute Gasteiger partial charge is 0.138 e. The van der Waals surface area contributed by atoms with Gasteiger partial charge < -0.3 is 9.47 Å². The third-order valence-corrected chi connectivity index (χ3v) is 4.82. The lowest BCUT2D eigenvalue weighted by Gasteiger charge is -2.28. The summed E-state index contributed by atoms with van der Waals surface area (Å²) in [5.74, 6) is 0.592. The normalized spacial score (nSPS) is 21.7. The van der Waals surface area contributed by atoms with Crippen LogP contribution >= 0.6 is 39.1 Å². The molecule has 1 aliphatic rings. The van der Waals surface area contributed by atoms with Crippen molar-refractivity contribution in [2.75, 3.05) is 13.7 Å². The fraction of sp³-hybridized carbons (Fsp3) is 0.538. The first-order valence-corrected chi connectivity index (χ1v) is 7.59. The zero-order valence-corrected chi connectivity index (χ0v) is 13.2. The molecular formula is C13H15BrCl2O2. The Morgan fingerprint density at radius 2 is 2.11 bits per heavy atom. The molecule has 1 aromatic carbocycles. The van der Waals surface area contributed by atoms with Gasteiger partial charge in [0.2, 0.25) is 0 Å². The second-order valence-electron chi connectivity index (χ2n) is 4.32. The molecule has 100 valence electrons. The minimum atomic E-state index is 0.0636. The lowest BCUT2D eigenvalue weighted by molar-refractivity contribution is 0.0160. The Bertz CT molecular complexity index is 420. The summed E-state index contributed by atoms with van der Waals surface area (Å²) in [6, 6.07) is 3.59. The summed E-state index contributed by atoms with van der Waals surface area (Å²) in [7, 11) is 1.58. The van der Waals surface area contributed by atoms with Gasteiger partial charge in [0.1, 0.15) is 5.75 Å². The van der Waals surface area contributed by atoms with Crippen LogP contribution in [0.5, 0.6) is 5.75 Å². The van der Waals surface area contributed by atoms with Gasteiger partial charge in [-0.3, -0.25) is 0 Å². The molecule has 5 heteroatoms. The maximum Gasteiger partial charge on any atom is 0.138 e. The Labute approximate surface area is 126 Å². The van der Waals surface area contributed by atoms with Gasteiger partial charge in [-0.2, -0.15) is 0 Å². The van der Waals surface area contributed by atoms with Gasteiger partial charge in [-0.15, -0.1) is 0 Å². The van der Waals surface area contributed by atoms with Crippen molar-refractivity contribution in [1.82, 2.24) is 0 Å². The molecule has 2 rings (SSSR count). The minimum absolute atomic E-state index is 0.0636. The van der Waals surface area contributed by atoms with E-state index in [4.69, 9.17) is 32.7 Å². The van der Waals surface area contributed by atoms with Gasteiger partial charge in [-0.05, 0) is 30.9 Å². The van der Waals surface area contributed by atoms with E-state index >= 15 is 0 Å². The van der Waals surface area contributed by atoms with Crippen LogP contribution in [0.2, 0.25) is 10.0 Å². The highest BCUT2D eigenvalue weighted by molar-refractivity contribution is 9.09. The van der Waals surface area contributed by atoms with E-state index in [1.54, 1.807) is 13.2 Å². The van der Waals surface area contributed by atoms with Gasteiger partial charge in [0.15, 0.2) is 0 Å². The second-order valence-corrected chi connectivity index (χ2v) is 6.12. The van der Waals surface area contributed by atoms with Crippen molar-refractivity contribution in [2.24, 2.45) is 0 Å². The highest BCUT2D eigenvalue weighted by Gasteiger charge is 2.26.